The summed E-state index contributed by atoms with van der Waals surface area (Å²) in [7, 11) is -3.05. The van der Waals surface area contributed by atoms with E-state index in [9.17, 15) is 8.42 Å². The minimum atomic E-state index is -3.05. The van der Waals surface area contributed by atoms with Crippen molar-refractivity contribution >= 4 is 15.5 Å². The van der Waals surface area contributed by atoms with Crippen molar-refractivity contribution in [2.75, 3.05) is 17.2 Å². The predicted molar refractivity (Wildman–Crippen MR) is 72.0 cm³/mol. The standard InChI is InChI=1S/C11H15N5O2S/c1-2-19(17,18)8-7-16-11(13-14-15-16)9-5-3-4-6-10(9)12/h3-6H,2,7-8,12H2,1H3. The Hall–Kier alpha value is -1.96. The van der Waals surface area contributed by atoms with Gasteiger partial charge in [-0.15, -0.1) is 5.10 Å². The van der Waals surface area contributed by atoms with Crippen molar-refractivity contribution in [2.45, 2.75) is 13.5 Å². The molecule has 1 heterocycles. The third kappa shape index (κ3) is 3.08. The molecule has 102 valence electrons. The van der Waals surface area contributed by atoms with Gasteiger partial charge in [0.05, 0.1) is 12.3 Å². The number of sulfone groups is 1. The first kappa shape index (κ1) is 13.5. The van der Waals surface area contributed by atoms with Crippen LogP contribution in [-0.2, 0) is 16.4 Å². The fourth-order valence-corrected chi connectivity index (χ4v) is 2.36. The molecule has 1 aromatic heterocycles. The van der Waals surface area contributed by atoms with Crippen LogP contribution in [0.4, 0.5) is 5.69 Å². The highest BCUT2D eigenvalue weighted by atomic mass is 32.2. The summed E-state index contributed by atoms with van der Waals surface area (Å²) >= 11 is 0. The average molecular weight is 281 g/mol. The van der Waals surface area contributed by atoms with Crippen LogP contribution in [0.2, 0.25) is 0 Å². The summed E-state index contributed by atoms with van der Waals surface area (Å²) in [5.41, 5.74) is 7.11. The molecule has 0 spiro atoms. The van der Waals surface area contributed by atoms with Crippen LogP contribution in [0.25, 0.3) is 11.4 Å². The van der Waals surface area contributed by atoms with Crippen LogP contribution in [0.3, 0.4) is 0 Å². The predicted octanol–water partition coefficient (Wildman–Crippen LogP) is 0.357. The Morgan fingerprint density at radius 2 is 2.05 bits per heavy atom. The fraction of sp³-hybridized carbons (Fsp3) is 0.364. The van der Waals surface area contributed by atoms with Gasteiger partial charge >= 0.3 is 0 Å². The van der Waals surface area contributed by atoms with Gasteiger partial charge in [0, 0.05) is 17.0 Å². The Bertz CT molecular complexity index is 665. The molecule has 1 aromatic carbocycles. The number of nitrogens with two attached hydrogens (primary N) is 1. The smallest absolute Gasteiger partial charge is 0.184 e. The van der Waals surface area contributed by atoms with Gasteiger partial charge in [0.15, 0.2) is 15.7 Å². The second-order valence-electron chi connectivity index (χ2n) is 4.05. The van der Waals surface area contributed by atoms with Gasteiger partial charge in [-0.3, -0.25) is 0 Å². The van der Waals surface area contributed by atoms with Gasteiger partial charge in [0.2, 0.25) is 0 Å². The molecule has 0 amide bonds. The van der Waals surface area contributed by atoms with Crippen molar-refractivity contribution in [1.29, 1.82) is 0 Å². The van der Waals surface area contributed by atoms with E-state index in [1.807, 2.05) is 12.1 Å². The molecule has 0 saturated heterocycles. The van der Waals surface area contributed by atoms with E-state index < -0.39 is 9.84 Å². The fourth-order valence-electron chi connectivity index (χ4n) is 1.62. The number of hydrogen-bond donors (Lipinski definition) is 1. The number of nitrogen functional groups attached to an aromatic ring is 1. The lowest BCUT2D eigenvalue weighted by atomic mass is 10.2. The van der Waals surface area contributed by atoms with E-state index in [-0.39, 0.29) is 18.1 Å². The first-order chi connectivity index (χ1) is 9.03. The van der Waals surface area contributed by atoms with Gasteiger partial charge in [-0.05, 0) is 22.6 Å². The van der Waals surface area contributed by atoms with Crippen molar-refractivity contribution in [3.8, 4) is 11.4 Å². The Balaban J connectivity index is 2.26. The van der Waals surface area contributed by atoms with Crippen molar-refractivity contribution in [2.24, 2.45) is 0 Å². The summed E-state index contributed by atoms with van der Waals surface area (Å²) in [5.74, 6) is 0.594. The largest absolute Gasteiger partial charge is 0.398 e. The zero-order valence-electron chi connectivity index (χ0n) is 10.5. The molecule has 2 N–H and O–H groups in total. The number of benzene rings is 1. The van der Waals surface area contributed by atoms with Gasteiger partial charge in [-0.25, -0.2) is 13.1 Å². The van der Waals surface area contributed by atoms with E-state index >= 15 is 0 Å². The summed E-state index contributed by atoms with van der Waals surface area (Å²) < 4.78 is 24.5. The second kappa shape index (κ2) is 5.35. The Morgan fingerprint density at radius 3 is 2.74 bits per heavy atom. The lowest BCUT2D eigenvalue weighted by Gasteiger charge is -2.06. The van der Waals surface area contributed by atoms with E-state index in [4.69, 9.17) is 5.73 Å². The van der Waals surface area contributed by atoms with E-state index in [2.05, 4.69) is 15.5 Å². The Kier molecular flexibility index (Phi) is 3.79. The van der Waals surface area contributed by atoms with E-state index in [0.717, 1.165) is 0 Å². The number of aromatic nitrogens is 4. The molecule has 2 rings (SSSR count). The van der Waals surface area contributed by atoms with E-state index in [1.54, 1.807) is 19.1 Å². The molecule has 0 radical (unpaired) electrons. The lowest BCUT2D eigenvalue weighted by molar-refractivity contribution is 0.577. The Morgan fingerprint density at radius 1 is 1.32 bits per heavy atom. The van der Waals surface area contributed by atoms with Gasteiger partial charge in [0.1, 0.15) is 0 Å². The maximum absolute atomic E-state index is 11.5. The molecule has 19 heavy (non-hydrogen) atoms. The van der Waals surface area contributed by atoms with Crippen molar-refractivity contribution < 1.29 is 8.42 Å². The molecule has 0 fully saturated rings. The van der Waals surface area contributed by atoms with E-state index in [1.165, 1.54) is 4.68 Å². The van der Waals surface area contributed by atoms with E-state index in [0.29, 0.717) is 17.1 Å². The molecule has 0 unspecified atom stereocenters. The van der Waals surface area contributed by atoms with Crippen molar-refractivity contribution in [3.63, 3.8) is 0 Å². The van der Waals surface area contributed by atoms with Crippen LogP contribution in [0.1, 0.15) is 6.92 Å². The van der Waals surface area contributed by atoms with Crippen LogP contribution in [-0.4, -0.2) is 40.1 Å². The molecule has 0 aliphatic carbocycles. The molecule has 0 aliphatic rings. The van der Waals surface area contributed by atoms with Crippen LogP contribution in [0.5, 0.6) is 0 Å². The maximum Gasteiger partial charge on any atom is 0.184 e. The van der Waals surface area contributed by atoms with Crippen LogP contribution in [0, 0.1) is 0 Å². The number of aryl methyl sites for hydroxylation is 1. The number of para-hydroxylation sites is 1. The number of hydrogen-bond acceptors (Lipinski definition) is 6. The van der Waals surface area contributed by atoms with Crippen LogP contribution in [0.15, 0.2) is 24.3 Å². The zero-order chi connectivity index (χ0) is 13.9. The SMILES string of the molecule is CCS(=O)(=O)CCn1nnnc1-c1ccccc1N. The first-order valence-electron chi connectivity index (χ1n) is 5.85. The summed E-state index contributed by atoms with van der Waals surface area (Å²) in [6.45, 7) is 1.83. The van der Waals surface area contributed by atoms with Crippen molar-refractivity contribution in [1.82, 2.24) is 20.2 Å². The molecule has 0 atom stereocenters. The summed E-state index contributed by atoms with van der Waals surface area (Å²) in [6, 6.07) is 7.19. The van der Waals surface area contributed by atoms with Crippen LogP contribution >= 0.6 is 0 Å². The molecule has 8 heteroatoms. The third-order valence-electron chi connectivity index (χ3n) is 2.79. The molecule has 0 bridgehead atoms. The third-order valence-corrected chi connectivity index (χ3v) is 4.47. The molecule has 2 aromatic rings. The molecular formula is C11H15N5O2S. The number of nitrogens with zero attached hydrogens (tertiary/aromatic N) is 4. The Labute approximate surface area is 111 Å². The summed E-state index contributed by atoms with van der Waals surface area (Å²) in [5, 5.41) is 11.3. The topological polar surface area (TPSA) is 104 Å². The summed E-state index contributed by atoms with van der Waals surface area (Å²) in [6.07, 6.45) is 0. The van der Waals surface area contributed by atoms with Gasteiger partial charge in [0.25, 0.3) is 0 Å². The molecule has 0 saturated carbocycles. The lowest BCUT2D eigenvalue weighted by Crippen LogP contribution is -2.16. The average Bonchev–Trinajstić information content (AvgIpc) is 2.85. The number of tetrazole rings is 1. The van der Waals surface area contributed by atoms with Gasteiger partial charge in [-0.2, -0.15) is 0 Å². The quantitative estimate of drug-likeness (QED) is 0.793. The maximum atomic E-state index is 11.5. The normalized spacial score (nSPS) is 11.6. The first-order valence-corrected chi connectivity index (χ1v) is 7.67. The monoisotopic (exact) mass is 281 g/mol. The highest BCUT2D eigenvalue weighted by Gasteiger charge is 2.14. The minimum absolute atomic E-state index is 0.00821. The number of rotatable bonds is 5. The highest BCUT2D eigenvalue weighted by Crippen LogP contribution is 2.22. The molecule has 0 aliphatic heterocycles. The van der Waals surface area contributed by atoms with Crippen LogP contribution < -0.4 is 5.73 Å². The number of anilines is 1. The molecular weight excluding hydrogens is 266 g/mol. The van der Waals surface area contributed by atoms with Crippen molar-refractivity contribution in [3.05, 3.63) is 24.3 Å². The van der Waals surface area contributed by atoms with Gasteiger partial charge in [-0.1, -0.05) is 19.1 Å². The zero-order valence-corrected chi connectivity index (χ0v) is 11.3. The molecule has 7 nitrogen and oxygen atoms in total. The summed E-state index contributed by atoms with van der Waals surface area (Å²) in [4.78, 5) is 0. The second-order valence-corrected chi connectivity index (χ2v) is 6.52. The minimum Gasteiger partial charge on any atom is -0.398 e. The van der Waals surface area contributed by atoms with Gasteiger partial charge < -0.3 is 5.73 Å². The highest BCUT2D eigenvalue weighted by molar-refractivity contribution is 7.91.